The third-order valence-electron chi connectivity index (χ3n) is 19.2. The molecule has 0 aliphatic heterocycles. The van der Waals surface area contributed by atoms with Crippen LogP contribution in [0.25, 0.3) is 0 Å². The van der Waals surface area contributed by atoms with Crippen LogP contribution in [0.5, 0.6) is 0 Å². The predicted octanol–water partition coefficient (Wildman–Crippen LogP) is 30.0. The van der Waals surface area contributed by atoms with Gasteiger partial charge in [0.2, 0.25) is 0 Å². The molecular weight excluding hydrogens is 1020 g/mol. The lowest BCUT2D eigenvalue weighted by Gasteiger charge is -2.43. The van der Waals surface area contributed by atoms with E-state index in [2.05, 4.69) is 113 Å². The van der Waals surface area contributed by atoms with E-state index in [1.165, 1.54) is 372 Å². The molecule has 0 aromatic rings. The van der Waals surface area contributed by atoms with E-state index in [1.54, 1.807) is 11.1 Å². The summed E-state index contributed by atoms with van der Waals surface area (Å²) in [4.78, 5) is 0. The lowest BCUT2D eigenvalue weighted by Crippen LogP contribution is -2.43. The predicted molar refractivity (Wildman–Crippen MR) is 387 cm³/mol. The molecule has 0 aromatic heterocycles. The fraction of sp³-hybridized carbons (Fsp3) is 0.810. The van der Waals surface area contributed by atoms with Crippen molar-refractivity contribution in [3.05, 3.63) is 96.2 Å². The number of hydrogen-bond acceptors (Lipinski definition) is 1. The summed E-state index contributed by atoms with van der Waals surface area (Å²) in [5, 5.41) is 0. The van der Waals surface area contributed by atoms with Crippen molar-refractivity contribution in [2.24, 2.45) is 0 Å². The Labute approximate surface area is 535 Å². The number of unbranched alkanes of at least 4 members (excludes halogenated alkanes) is 48. The molecule has 0 saturated carbocycles. The number of hydrogen-bond donors (Lipinski definition) is 0. The molecule has 2 rings (SSSR count). The standard InChI is InChI=1S/C84H150O/c1-5-9-13-17-21-25-29-33-37-41-45-49-53-57-61-65-69-81-71-77-83(78-72-81,75-67-63-59-55-51-47-43-39-35-31-27-23-19-15-11-7-3)85-84(76-68-64-60-56-52-48-44-40-36-32-28-24-20-16-12-8-4)79-73-82(74-80-84)70-66-62-58-54-50-46-42-38-34-30-26-22-18-14-10-6-2/h33-40,71-74,77,79H,5-32,41-70,75-76,78,80H2,1-4H3/b37-33-,38-34-,39-35-,40-36-. The molecule has 0 fully saturated rings. The quantitative estimate of drug-likeness (QED) is 0.0436. The molecule has 85 heavy (non-hydrogen) atoms. The van der Waals surface area contributed by atoms with Crippen LogP contribution >= 0.6 is 0 Å². The van der Waals surface area contributed by atoms with E-state index in [-0.39, 0.29) is 11.2 Å². The summed E-state index contributed by atoms with van der Waals surface area (Å²) in [5.41, 5.74) is 2.73. The highest BCUT2D eigenvalue weighted by Crippen LogP contribution is 2.42. The molecule has 0 amide bonds. The van der Waals surface area contributed by atoms with Gasteiger partial charge in [-0.25, -0.2) is 0 Å². The Hall–Kier alpha value is -2.12. The minimum absolute atomic E-state index is 0.199. The lowest BCUT2D eigenvalue weighted by molar-refractivity contribution is -0.115. The first-order valence-electron chi connectivity index (χ1n) is 39.2. The average molecular weight is 1180 g/mol. The molecule has 0 N–H and O–H groups in total. The normalized spacial score (nSPS) is 17.3. The van der Waals surface area contributed by atoms with Crippen LogP contribution in [0.2, 0.25) is 0 Å². The number of allylic oxidation sites excluding steroid dienone is 12. The summed E-state index contributed by atoms with van der Waals surface area (Å²) < 4.78 is 7.84. The van der Waals surface area contributed by atoms with Crippen LogP contribution in [0.3, 0.4) is 0 Å². The van der Waals surface area contributed by atoms with E-state index in [0.717, 1.165) is 25.7 Å². The van der Waals surface area contributed by atoms with Gasteiger partial charge in [0.15, 0.2) is 0 Å². The molecular formula is C84H150O. The van der Waals surface area contributed by atoms with Gasteiger partial charge in [-0.2, -0.15) is 0 Å². The molecule has 2 aliphatic rings. The third kappa shape index (κ3) is 50.3. The largest absolute Gasteiger partial charge is 0.360 e. The van der Waals surface area contributed by atoms with Crippen molar-refractivity contribution < 1.29 is 4.74 Å². The Morgan fingerprint density at radius 3 is 0.671 bits per heavy atom. The molecule has 1 heteroatoms. The second-order valence-corrected chi connectivity index (χ2v) is 27.6. The van der Waals surface area contributed by atoms with Crippen LogP contribution in [-0.2, 0) is 4.74 Å². The van der Waals surface area contributed by atoms with Crippen LogP contribution in [0, 0.1) is 0 Å². The monoisotopic (exact) mass is 1180 g/mol. The third-order valence-corrected chi connectivity index (χ3v) is 19.2. The van der Waals surface area contributed by atoms with E-state index >= 15 is 0 Å². The first kappa shape index (κ1) is 79.0. The van der Waals surface area contributed by atoms with Crippen molar-refractivity contribution in [3.63, 3.8) is 0 Å². The van der Waals surface area contributed by atoms with Gasteiger partial charge in [-0.05, 0) is 154 Å². The van der Waals surface area contributed by atoms with Gasteiger partial charge in [0.25, 0.3) is 0 Å². The Bertz CT molecular complexity index is 1530. The topological polar surface area (TPSA) is 9.23 Å². The maximum atomic E-state index is 7.84. The summed E-state index contributed by atoms with van der Waals surface area (Å²) in [6.45, 7) is 9.25. The van der Waals surface area contributed by atoms with E-state index in [1.807, 2.05) is 0 Å². The maximum absolute atomic E-state index is 7.84. The Morgan fingerprint density at radius 1 is 0.259 bits per heavy atom. The number of ether oxygens (including phenoxy) is 1. The smallest absolute Gasteiger partial charge is 0.0912 e. The molecule has 2 atom stereocenters. The minimum atomic E-state index is -0.199. The molecule has 492 valence electrons. The summed E-state index contributed by atoms with van der Waals surface area (Å²) in [5.74, 6) is 0. The van der Waals surface area contributed by atoms with Gasteiger partial charge in [-0.3, -0.25) is 0 Å². The SMILES string of the molecule is CCCCCCCC/C=C\CCCCCCCCC1=CCC(CCCCCCCC/C=C\CCCCCCCC)(OC2(CCCCCCCC/C=C\CCCCCCCC)C=CC(CCCCCCCC/C=C\CCCCCCCC)=CC2)C=C1. The highest BCUT2D eigenvalue weighted by molar-refractivity contribution is 5.31. The van der Waals surface area contributed by atoms with Crippen LogP contribution in [0.4, 0.5) is 0 Å². The molecule has 2 unspecified atom stereocenters. The Balaban J connectivity index is 1.97. The summed E-state index contributed by atoms with van der Waals surface area (Å²) in [7, 11) is 0. The molecule has 0 bridgehead atoms. The minimum Gasteiger partial charge on any atom is -0.360 e. The molecule has 2 aliphatic carbocycles. The van der Waals surface area contributed by atoms with Crippen LogP contribution < -0.4 is 0 Å². The fourth-order valence-electron chi connectivity index (χ4n) is 13.3. The Kier molecular flexibility index (Phi) is 57.7. The van der Waals surface area contributed by atoms with Gasteiger partial charge in [0, 0.05) is 0 Å². The first-order chi connectivity index (χ1) is 42.1. The van der Waals surface area contributed by atoms with Gasteiger partial charge in [0.05, 0.1) is 11.2 Å². The zero-order valence-electron chi connectivity index (χ0n) is 58.3. The van der Waals surface area contributed by atoms with E-state index in [4.69, 9.17) is 4.74 Å². The first-order valence-corrected chi connectivity index (χ1v) is 39.2. The molecule has 0 heterocycles. The van der Waals surface area contributed by atoms with Crippen molar-refractivity contribution >= 4 is 0 Å². The second kappa shape index (κ2) is 62.1. The van der Waals surface area contributed by atoms with Gasteiger partial charge in [0.1, 0.15) is 0 Å². The van der Waals surface area contributed by atoms with Crippen molar-refractivity contribution in [2.75, 3.05) is 0 Å². The van der Waals surface area contributed by atoms with Crippen molar-refractivity contribution in [3.8, 4) is 0 Å². The van der Waals surface area contributed by atoms with Crippen molar-refractivity contribution in [1.82, 2.24) is 0 Å². The highest BCUT2D eigenvalue weighted by atomic mass is 16.5. The number of rotatable bonds is 66. The summed E-state index contributed by atoms with van der Waals surface area (Å²) in [6, 6.07) is 0. The van der Waals surface area contributed by atoms with E-state index in [0.29, 0.717) is 0 Å². The Morgan fingerprint density at radius 2 is 0.459 bits per heavy atom. The van der Waals surface area contributed by atoms with Crippen LogP contribution in [-0.4, -0.2) is 11.2 Å². The lowest BCUT2D eigenvalue weighted by atomic mass is 9.81. The van der Waals surface area contributed by atoms with Gasteiger partial charge < -0.3 is 4.74 Å². The second-order valence-electron chi connectivity index (χ2n) is 27.6. The van der Waals surface area contributed by atoms with Gasteiger partial charge in [-0.15, -0.1) is 0 Å². The summed E-state index contributed by atoms with van der Waals surface area (Å²) in [6.07, 6.45) is 119. The fourth-order valence-corrected chi connectivity index (χ4v) is 13.3. The zero-order chi connectivity index (χ0) is 60.6. The molecule has 0 spiro atoms. The van der Waals surface area contributed by atoms with Gasteiger partial charge >= 0.3 is 0 Å². The van der Waals surface area contributed by atoms with Crippen LogP contribution in [0.1, 0.15) is 426 Å². The molecule has 1 nitrogen and oxygen atoms in total. The average Bonchev–Trinajstić information content (AvgIpc) is 3.32. The van der Waals surface area contributed by atoms with E-state index < -0.39 is 0 Å². The molecule has 0 aromatic carbocycles. The summed E-state index contributed by atoms with van der Waals surface area (Å²) >= 11 is 0. The zero-order valence-corrected chi connectivity index (χ0v) is 58.3. The van der Waals surface area contributed by atoms with Crippen molar-refractivity contribution in [1.29, 1.82) is 0 Å². The van der Waals surface area contributed by atoms with Crippen LogP contribution in [0.15, 0.2) is 96.2 Å². The highest BCUT2D eigenvalue weighted by Gasteiger charge is 2.39. The van der Waals surface area contributed by atoms with Gasteiger partial charge in [-0.1, -0.05) is 368 Å². The van der Waals surface area contributed by atoms with E-state index in [9.17, 15) is 0 Å². The maximum Gasteiger partial charge on any atom is 0.0912 e. The molecule has 0 saturated heterocycles. The van der Waals surface area contributed by atoms with Crippen molar-refractivity contribution in [2.45, 2.75) is 437 Å². The molecule has 0 radical (unpaired) electrons.